The van der Waals surface area contributed by atoms with Crippen molar-refractivity contribution in [1.82, 2.24) is 10.3 Å². The second-order valence-electron chi connectivity index (χ2n) is 5.59. The number of benzene rings is 1. The number of nitrogens with zero attached hydrogens (tertiary/aromatic N) is 1. The first-order valence-electron chi connectivity index (χ1n) is 7.57. The van der Waals surface area contributed by atoms with Crippen LogP contribution in [0.15, 0.2) is 56.9 Å². The molecule has 1 aromatic carbocycles. The van der Waals surface area contributed by atoms with Crippen molar-refractivity contribution in [2.75, 3.05) is 6.26 Å². The van der Waals surface area contributed by atoms with Crippen LogP contribution in [0.5, 0.6) is 0 Å². The highest BCUT2D eigenvalue weighted by Gasteiger charge is 2.23. The third kappa shape index (κ3) is 3.23. The van der Waals surface area contributed by atoms with Gasteiger partial charge in [-0.2, -0.15) is 0 Å². The molecule has 0 saturated carbocycles. The highest BCUT2D eigenvalue weighted by atomic mass is 32.2. The summed E-state index contributed by atoms with van der Waals surface area (Å²) in [4.78, 5) is 17.3. The number of amides is 1. The zero-order chi connectivity index (χ0) is 18.3. The van der Waals surface area contributed by atoms with Gasteiger partial charge in [0.25, 0.3) is 5.91 Å². The van der Waals surface area contributed by atoms with E-state index in [2.05, 4.69) is 10.3 Å². The third-order valence-electron chi connectivity index (χ3n) is 3.83. The molecule has 4 rings (SSSR count). The van der Waals surface area contributed by atoms with E-state index >= 15 is 0 Å². The number of carbonyl (C=O) groups excluding carboxylic acids is 1. The monoisotopic (exact) mass is 400 g/mol. The van der Waals surface area contributed by atoms with Crippen LogP contribution in [-0.2, 0) is 15.6 Å². The van der Waals surface area contributed by atoms with Crippen molar-refractivity contribution >= 4 is 62.1 Å². The fraction of sp³-hybridized carbons (Fsp3) is 0.0556. The number of rotatable bonds is 3. The molecule has 130 valence electrons. The molecule has 1 aliphatic heterocycles. The molecule has 8 heteroatoms. The lowest BCUT2D eigenvalue weighted by Crippen LogP contribution is -2.17. The Morgan fingerprint density at radius 1 is 1.31 bits per heavy atom. The van der Waals surface area contributed by atoms with E-state index in [1.807, 2.05) is 30.3 Å². The predicted octanol–water partition coefficient (Wildman–Crippen LogP) is 3.72. The van der Waals surface area contributed by atoms with Crippen LogP contribution in [0.3, 0.4) is 0 Å². The third-order valence-corrected chi connectivity index (χ3v) is 5.91. The van der Waals surface area contributed by atoms with Crippen LogP contribution in [-0.4, -0.2) is 25.7 Å². The van der Waals surface area contributed by atoms with E-state index in [4.69, 9.17) is 16.6 Å². The van der Waals surface area contributed by atoms with E-state index in [1.165, 1.54) is 11.8 Å². The number of thioether (sulfide) groups is 1. The maximum Gasteiger partial charge on any atom is 0.263 e. The zero-order valence-electron chi connectivity index (χ0n) is 13.5. The molecule has 1 saturated heterocycles. The van der Waals surface area contributed by atoms with Crippen LogP contribution in [0.4, 0.5) is 0 Å². The van der Waals surface area contributed by atoms with Gasteiger partial charge in [-0.25, -0.2) is 0 Å². The molecule has 1 atom stereocenters. The Kier molecular flexibility index (Phi) is 4.47. The second-order valence-corrected chi connectivity index (χ2v) is 8.69. The van der Waals surface area contributed by atoms with Crippen LogP contribution in [0.1, 0.15) is 5.76 Å². The average molecular weight is 401 g/mol. The topological polar surface area (TPSA) is 72.2 Å². The van der Waals surface area contributed by atoms with E-state index in [9.17, 15) is 9.00 Å². The number of furan rings is 1. The van der Waals surface area contributed by atoms with Gasteiger partial charge in [0.2, 0.25) is 0 Å². The average Bonchev–Trinajstić information content (AvgIpc) is 3.17. The summed E-state index contributed by atoms with van der Waals surface area (Å²) in [5.74, 6) is 0.323. The Bertz CT molecular complexity index is 1120. The largest absolute Gasteiger partial charge is 0.456 e. The fourth-order valence-corrected chi connectivity index (χ4v) is 4.24. The van der Waals surface area contributed by atoms with Crippen LogP contribution in [0.2, 0.25) is 0 Å². The molecule has 1 unspecified atom stereocenters. The molecule has 26 heavy (non-hydrogen) atoms. The molecule has 0 aliphatic carbocycles. The van der Waals surface area contributed by atoms with E-state index in [1.54, 1.807) is 24.7 Å². The Morgan fingerprint density at radius 3 is 2.88 bits per heavy atom. The minimum atomic E-state index is -1.07. The summed E-state index contributed by atoms with van der Waals surface area (Å²) in [6.45, 7) is 0. The molecule has 0 spiro atoms. The summed E-state index contributed by atoms with van der Waals surface area (Å²) in [7, 11) is -1.07. The van der Waals surface area contributed by atoms with Crippen molar-refractivity contribution in [3.05, 3.63) is 53.4 Å². The molecule has 2 aromatic heterocycles. The van der Waals surface area contributed by atoms with Gasteiger partial charge < -0.3 is 9.73 Å². The maximum absolute atomic E-state index is 11.8. The van der Waals surface area contributed by atoms with Crippen LogP contribution in [0, 0.1) is 0 Å². The number of pyridine rings is 1. The van der Waals surface area contributed by atoms with Crippen LogP contribution < -0.4 is 5.32 Å². The number of hydrogen-bond acceptors (Lipinski definition) is 6. The van der Waals surface area contributed by atoms with Crippen molar-refractivity contribution in [2.45, 2.75) is 4.90 Å². The Labute approximate surface area is 161 Å². The second kappa shape index (κ2) is 6.79. The van der Waals surface area contributed by atoms with Gasteiger partial charge in [0.15, 0.2) is 0 Å². The van der Waals surface area contributed by atoms with Crippen molar-refractivity contribution in [3.63, 3.8) is 0 Å². The summed E-state index contributed by atoms with van der Waals surface area (Å²) >= 11 is 6.20. The number of thiocarbonyl (C=S) groups is 1. The lowest BCUT2D eigenvalue weighted by molar-refractivity contribution is -0.115. The van der Waals surface area contributed by atoms with Crippen molar-refractivity contribution in [1.29, 1.82) is 0 Å². The van der Waals surface area contributed by atoms with Crippen LogP contribution >= 0.6 is 24.0 Å². The highest BCUT2D eigenvalue weighted by Crippen LogP contribution is 2.33. The predicted molar refractivity (Wildman–Crippen MR) is 108 cm³/mol. The molecule has 1 aliphatic rings. The lowest BCUT2D eigenvalue weighted by Gasteiger charge is -2.04. The Morgan fingerprint density at radius 2 is 2.15 bits per heavy atom. The smallest absolute Gasteiger partial charge is 0.263 e. The normalized spacial score (nSPS) is 17.0. The van der Waals surface area contributed by atoms with E-state index in [-0.39, 0.29) is 5.91 Å². The number of fused-ring (bicyclic) bond motifs is 1. The quantitative estimate of drug-likeness (QED) is 0.534. The lowest BCUT2D eigenvalue weighted by atomic mass is 10.1. The fourth-order valence-electron chi connectivity index (χ4n) is 2.65. The van der Waals surface area contributed by atoms with Gasteiger partial charge in [-0.15, -0.1) is 0 Å². The van der Waals surface area contributed by atoms with E-state index in [0.717, 1.165) is 21.4 Å². The zero-order valence-corrected chi connectivity index (χ0v) is 16.0. The van der Waals surface area contributed by atoms with E-state index < -0.39 is 10.8 Å². The van der Waals surface area contributed by atoms with Gasteiger partial charge >= 0.3 is 0 Å². The van der Waals surface area contributed by atoms with Gasteiger partial charge in [-0.1, -0.05) is 36.1 Å². The van der Waals surface area contributed by atoms with Gasteiger partial charge in [-0.3, -0.25) is 14.0 Å². The summed E-state index contributed by atoms with van der Waals surface area (Å²) in [5, 5.41) is 3.40. The standard InChI is InChI=1S/C18H12N2O3S3/c1-26(22)13-4-2-3-10(6-13)14-9-19-8-11-5-12(23-16(11)14)7-15-17(21)20-18(24)25-15/h2-9H,1H3,(H,20,21,24)/b15-7+. The molecule has 5 nitrogen and oxygen atoms in total. The Hall–Kier alpha value is -2.29. The minimum absolute atomic E-state index is 0.225. The number of hydrogen-bond donors (Lipinski definition) is 1. The molecule has 0 radical (unpaired) electrons. The minimum Gasteiger partial charge on any atom is -0.456 e. The SMILES string of the molecule is CS(=O)c1cccc(-c2cncc3cc(/C=C4/SC(=S)NC4=O)oc23)c1. The first-order chi connectivity index (χ1) is 12.5. The number of carbonyl (C=O) groups is 1. The van der Waals surface area contributed by atoms with E-state index in [0.29, 0.717) is 20.6 Å². The van der Waals surface area contributed by atoms with Crippen molar-refractivity contribution in [2.24, 2.45) is 0 Å². The highest BCUT2D eigenvalue weighted by molar-refractivity contribution is 8.26. The van der Waals surface area contributed by atoms with Gasteiger partial charge in [0.05, 0.1) is 4.91 Å². The molecule has 0 bridgehead atoms. The number of nitrogens with one attached hydrogen (secondary N) is 1. The summed E-state index contributed by atoms with van der Waals surface area (Å²) < 4.78 is 18.2. The summed E-state index contributed by atoms with van der Waals surface area (Å²) in [6.07, 6.45) is 6.73. The van der Waals surface area contributed by atoms with Crippen molar-refractivity contribution < 1.29 is 13.4 Å². The van der Waals surface area contributed by atoms with Gasteiger partial charge in [0.1, 0.15) is 15.7 Å². The molecular weight excluding hydrogens is 388 g/mol. The first-order valence-corrected chi connectivity index (χ1v) is 10.4. The molecule has 1 amide bonds. The molecule has 3 heterocycles. The molecule has 3 aromatic rings. The van der Waals surface area contributed by atoms with Crippen LogP contribution in [0.25, 0.3) is 28.2 Å². The van der Waals surface area contributed by atoms with Gasteiger partial charge in [-0.05, 0) is 23.8 Å². The Balaban J connectivity index is 1.81. The molecule has 1 N–H and O–H groups in total. The summed E-state index contributed by atoms with van der Waals surface area (Å²) in [6, 6.07) is 9.30. The maximum atomic E-state index is 11.8. The first kappa shape index (κ1) is 17.1. The number of aromatic nitrogens is 1. The van der Waals surface area contributed by atoms with Crippen molar-refractivity contribution in [3.8, 4) is 11.1 Å². The molecular formula is C18H12N2O3S3. The summed E-state index contributed by atoms with van der Waals surface area (Å²) in [5.41, 5.74) is 2.34. The molecule has 1 fully saturated rings. The van der Waals surface area contributed by atoms with Gasteiger partial charge in [0, 0.05) is 51.4 Å².